The van der Waals surface area contributed by atoms with Crippen LogP contribution in [0.15, 0.2) is 30.3 Å². The zero-order valence-electron chi connectivity index (χ0n) is 15.8. The van der Waals surface area contributed by atoms with Crippen molar-refractivity contribution in [3.05, 3.63) is 52.6 Å². The van der Waals surface area contributed by atoms with Crippen molar-refractivity contribution in [1.29, 1.82) is 0 Å². The minimum atomic E-state index is -3.15. The van der Waals surface area contributed by atoms with E-state index in [2.05, 4.69) is 10.8 Å². The lowest BCUT2D eigenvalue weighted by atomic mass is 9.90. The van der Waals surface area contributed by atoms with Crippen LogP contribution >= 0.6 is 0 Å². The molecule has 0 unspecified atom stereocenters. The molecule has 0 atom stereocenters. The normalized spacial score (nSPS) is 11.6. The molecule has 0 radical (unpaired) electrons. The molecule has 0 bridgehead atoms. The van der Waals surface area contributed by atoms with Gasteiger partial charge < -0.3 is 9.84 Å². The predicted molar refractivity (Wildman–Crippen MR) is 105 cm³/mol. The molecule has 0 saturated heterocycles. The monoisotopic (exact) mass is 377 g/mol. The van der Waals surface area contributed by atoms with Gasteiger partial charge in [0.2, 0.25) is 10.0 Å². The molecule has 2 N–H and O–H groups in total. The van der Waals surface area contributed by atoms with Crippen molar-refractivity contribution in [2.24, 2.45) is 0 Å². The van der Waals surface area contributed by atoms with Crippen LogP contribution in [-0.4, -0.2) is 32.9 Å². The van der Waals surface area contributed by atoms with Crippen molar-refractivity contribution in [2.45, 2.75) is 33.8 Å². The molecule has 0 spiro atoms. The molecule has 5 nitrogen and oxygen atoms in total. The number of hydrogen-bond donors (Lipinski definition) is 2. The van der Waals surface area contributed by atoms with E-state index in [0.717, 1.165) is 45.4 Å². The smallest absolute Gasteiger partial charge is 0.208 e. The SMILES string of the molecule is Cc1cc(OCCCNS(C)(=O)=O)cc(C)c1-c1cccc(CO)c1C. The Hall–Kier alpha value is -1.89. The lowest BCUT2D eigenvalue weighted by molar-refractivity contribution is 0.281. The minimum absolute atomic E-state index is 0.0283. The fourth-order valence-corrected chi connectivity index (χ4v) is 3.59. The van der Waals surface area contributed by atoms with Crippen molar-refractivity contribution in [3.63, 3.8) is 0 Å². The van der Waals surface area contributed by atoms with E-state index in [1.807, 2.05) is 45.0 Å². The van der Waals surface area contributed by atoms with E-state index in [0.29, 0.717) is 19.6 Å². The molecule has 0 aliphatic carbocycles. The minimum Gasteiger partial charge on any atom is -0.494 e. The van der Waals surface area contributed by atoms with Gasteiger partial charge in [-0.2, -0.15) is 0 Å². The zero-order valence-corrected chi connectivity index (χ0v) is 16.6. The summed E-state index contributed by atoms with van der Waals surface area (Å²) in [6, 6.07) is 9.97. The van der Waals surface area contributed by atoms with Crippen LogP contribution in [0.3, 0.4) is 0 Å². The average molecular weight is 378 g/mol. The highest BCUT2D eigenvalue weighted by Crippen LogP contribution is 2.34. The summed E-state index contributed by atoms with van der Waals surface area (Å²) in [6.45, 7) is 6.96. The van der Waals surface area contributed by atoms with Gasteiger partial charge in [-0.15, -0.1) is 0 Å². The highest BCUT2D eigenvalue weighted by Gasteiger charge is 2.12. The summed E-state index contributed by atoms with van der Waals surface area (Å²) >= 11 is 0. The Morgan fingerprint density at radius 3 is 2.35 bits per heavy atom. The molecule has 0 aliphatic rings. The Kier molecular flexibility index (Phi) is 6.81. The molecule has 0 heterocycles. The fourth-order valence-electron chi connectivity index (χ4n) is 3.08. The number of benzene rings is 2. The molecular formula is C20H27NO4S. The fraction of sp³-hybridized carbons (Fsp3) is 0.400. The number of aryl methyl sites for hydroxylation is 2. The Morgan fingerprint density at radius 2 is 1.77 bits per heavy atom. The molecule has 2 aromatic carbocycles. The molecule has 0 fully saturated rings. The second-order valence-corrected chi connectivity index (χ2v) is 8.38. The first-order valence-corrected chi connectivity index (χ1v) is 10.5. The zero-order chi connectivity index (χ0) is 19.3. The summed E-state index contributed by atoms with van der Waals surface area (Å²) in [4.78, 5) is 0. The molecule has 0 aromatic heterocycles. The van der Waals surface area contributed by atoms with E-state index < -0.39 is 10.0 Å². The first-order valence-electron chi connectivity index (χ1n) is 8.61. The first-order chi connectivity index (χ1) is 12.2. The summed E-state index contributed by atoms with van der Waals surface area (Å²) < 4.78 is 30.3. The molecule has 2 rings (SSSR count). The second kappa shape index (κ2) is 8.66. The average Bonchev–Trinajstić information content (AvgIpc) is 2.54. The quantitative estimate of drug-likeness (QED) is 0.693. The van der Waals surface area contributed by atoms with E-state index in [4.69, 9.17) is 4.74 Å². The maximum Gasteiger partial charge on any atom is 0.208 e. The van der Waals surface area contributed by atoms with Gasteiger partial charge in [-0.05, 0) is 72.7 Å². The van der Waals surface area contributed by atoms with Gasteiger partial charge in [0.25, 0.3) is 0 Å². The Labute approximate surface area is 156 Å². The van der Waals surface area contributed by atoms with E-state index >= 15 is 0 Å². The topological polar surface area (TPSA) is 75.6 Å². The molecule has 6 heteroatoms. The Bertz CT molecular complexity index is 852. The van der Waals surface area contributed by atoms with Gasteiger partial charge in [-0.25, -0.2) is 13.1 Å². The van der Waals surface area contributed by atoms with Crippen LogP contribution in [0.5, 0.6) is 5.75 Å². The van der Waals surface area contributed by atoms with Crippen molar-refractivity contribution < 1.29 is 18.3 Å². The highest BCUT2D eigenvalue weighted by molar-refractivity contribution is 7.88. The number of sulfonamides is 1. The van der Waals surface area contributed by atoms with Gasteiger partial charge in [0.15, 0.2) is 0 Å². The Morgan fingerprint density at radius 1 is 1.12 bits per heavy atom. The van der Waals surface area contributed by atoms with Gasteiger partial charge in [-0.3, -0.25) is 0 Å². The first kappa shape index (κ1) is 20.4. The number of aliphatic hydroxyl groups excluding tert-OH is 1. The molecule has 2 aromatic rings. The van der Waals surface area contributed by atoms with Crippen LogP contribution in [0.25, 0.3) is 11.1 Å². The summed E-state index contributed by atoms with van der Waals surface area (Å²) in [6.07, 6.45) is 1.75. The van der Waals surface area contributed by atoms with Crippen molar-refractivity contribution in [2.75, 3.05) is 19.4 Å². The van der Waals surface area contributed by atoms with Gasteiger partial charge in [-0.1, -0.05) is 18.2 Å². The molecule has 26 heavy (non-hydrogen) atoms. The third kappa shape index (κ3) is 5.30. The second-order valence-electron chi connectivity index (χ2n) is 6.55. The van der Waals surface area contributed by atoms with Crippen LogP contribution in [0.4, 0.5) is 0 Å². The maximum absolute atomic E-state index is 11.0. The van der Waals surface area contributed by atoms with E-state index in [1.54, 1.807) is 0 Å². The maximum atomic E-state index is 11.0. The lowest BCUT2D eigenvalue weighted by Gasteiger charge is -2.17. The van der Waals surface area contributed by atoms with Gasteiger partial charge in [0.05, 0.1) is 19.5 Å². The summed E-state index contributed by atoms with van der Waals surface area (Å²) in [5, 5.41) is 9.50. The molecule has 0 saturated carbocycles. The molecular weight excluding hydrogens is 350 g/mol. The molecule has 142 valence electrons. The van der Waals surface area contributed by atoms with Crippen molar-refractivity contribution in [3.8, 4) is 16.9 Å². The van der Waals surface area contributed by atoms with Crippen LogP contribution in [0, 0.1) is 20.8 Å². The number of nitrogens with one attached hydrogen (secondary N) is 1. The van der Waals surface area contributed by atoms with Crippen molar-refractivity contribution in [1.82, 2.24) is 4.72 Å². The standard InChI is InChI=1S/C20H27NO4S/c1-14-11-18(25-10-6-9-21-26(4,23)24)12-15(2)20(14)19-8-5-7-17(13-22)16(19)3/h5,7-8,11-12,21-22H,6,9-10,13H2,1-4H3. The van der Waals surface area contributed by atoms with Crippen molar-refractivity contribution >= 4 is 10.0 Å². The Balaban J connectivity index is 2.14. The summed E-state index contributed by atoms with van der Waals surface area (Å²) in [7, 11) is -3.15. The van der Waals surface area contributed by atoms with Crippen LogP contribution in [0.1, 0.15) is 28.7 Å². The van der Waals surface area contributed by atoms with Crippen LogP contribution < -0.4 is 9.46 Å². The van der Waals surface area contributed by atoms with Crippen LogP contribution in [-0.2, 0) is 16.6 Å². The van der Waals surface area contributed by atoms with Gasteiger partial charge >= 0.3 is 0 Å². The molecule has 0 aliphatic heterocycles. The number of hydrogen-bond acceptors (Lipinski definition) is 4. The van der Waals surface area contributed by atoms with Crippen LogP contribution in [0.2, 0.25) is 0 Å². The number of ether oxygens (including phenoxy) is 1. The van der Waals surface area contributed by atoms with E-state index in [9.17, 15) is 13.5 Å². The molecule has 0 amide bonds. The lowest BCUT2D eigenvalue weighted by Crippen LogP contribution is -2.24. The number of rotatable bonds is 8. The summed E-state index contributed by atoms with van der Waals surface area (Å²) in [5.41, 5.74) is 6.50. The number of aliphatic hydroxyl groups is 1. The third-order valence-corrected chi connectivity index (χ3v) is 5.07. The summed E-state index contributed by atoms with van der Waals surface area (Å²) in [5.74, 6) is 0.777. The largest absolute Gasteiger partial charge is 0.494 e. The van der Waals surface area contributed by atoms with E-state index in [-0.39, 0.29) is 6.61 Å². The predicted octanol–water partition coefficient (Wildman–Crippen LogP) is 3.09. The van der Waals surface area contributed by atoms with Gasteiger partial charge in [0.1, 0.15) is 5.75 Å². The third-order valence-electron chi connectivity index (χ3n) is 4.35. The highest BCUT2D eigenvalue weighted by atomic mass is 32.2. The van der Waals surface area contributed by atoms with Gasteiger partial charge in [0, 0.05) is 6.54 Å². The van der Waals surface area contributed by atoms with E-state index in [1.165, 1.54) is 0 Å².